The van der Waals surface area contributed by atoms with Gasteiger partial charge in [-0.15, -0.1) is 0 Å². The van der Waals surface area contributed by atoms with Gasteiger partial charge in [-0.25, -0.2) is 0 Å². The van der Waals surface area contributed by atoms with Gasteiger partial charge in [0.15, 0.2) is 0 Å². The second-order valence-corrected chi connectivity index (χ2v) is 5.69. The van der Waals surface area contributed by atoms with Crippen LogP contribution < -0.4 is 10.1 Å². The van der Waals surface area contributed by atoms with E-state index in [1.54, 1.807) is 7.11 Å². The van der Waals surface area contributed by atoms with Crippen molar-refractivity contribution in [3.63, 3.8) is 0 Å². The first kappa shape index (κ1) is 15.5. The molecule has 18 heavy (non-hydrogen) atoms. The van der Waals surface area contributed by atoms with Crippen molar-refractivity contribution in [2.75, 3.05) is 14.2 Å². The summed E-state index contributed by atoms with van der Waals surface area (Å²) in [6, 6.07) is 6.86. The second-order valence-electron chi connectivity index (χ2n) is 4.83. The molecule has 0 saturated heterocycles. The monoisotopic (exact) mass is 313 g/mol. The second kappa shape index (κ2) is 7.80. The maximum atomic E-state index is 5.25. The number of benzene rings is 1. The number of nitrogens with one attached hydrogen (secondary N) is 1. The van der Waals surface area contributed by atoms with Crippen LogP contribution in [0.15, 0.2) is 22.7 Å². The minimum atomic E-state index is 0.533. The molecule has 0 aliphatic heterocycles. The van der Waals surface area contributed by atoms with Crippen LogP contribution >= 0.6 is 15.9 Å². The molecule has 0 spiro atoms. The van der Waals surface area contributed by atoms with Crippen molar-refractivity contribution in [2.24, 2.45) is 5.92 Å². The molecule has 1 aromatic rings. The van der Waals surface area contributed by atoms with Crippen LogP contribution in [0, 0.1) is 5.92 Å². The molecule has 0 heterocycles. The number of halogens is 1. The van der Waals surface area contributed by atoms with Crippen molar-refractivity contribution in [2.45, 2.75) is 39.2 Å². The standard InChI is InChI=1S/C15H24BrNO/c1-5-6-11(2)14(17-3)10-12-7-8-15(18-4)13(16)9-12/h7-9,11,14,17H,5-6,10H2,1-4H3. The van der Waals surface area contributed by atoms with Crippen LogP contribution in [0.2, 0.25) is 0 Å². The Kier molecular flexibility index (Phi) is 6.72. The summed E-state index contributed by atoms with van der Waals surface area (Å²) in [5.74, 6) is 1.59. The molecule has 1 rings (SSSR count). The summed E-state index contributed by atoms with van der Waals surface area (Å²) in [5, 5.41) is 3.44. The summed E-state index contributed by atoms with van der Waals surface area (Å²) < 4.78 is 6.28. The molecule has 102 valence electrons. The predicted molar refractivity (Wildman–Crippen MR) is 81.3 cm³/mol. The lowest BCUT2D eigenvalue weighted by Gasteiger charge is -2.23. The average Bonchev–Trinajstić information content (AvgIpc) is 2.36. The van der Waals surface area contributed by atoms with Gasteiger partial charge in [0.05, 0.1) is 11.6 Å². The molecule has 0 saturated carbocycles. The molecule has 0 aromatic heterocycles. The smallest absolute Gasteiger partial charge is 0.133 e. The molecule has 0 radical (unpaired) electrons. The summed E-state index contributed by atoms with van der Waals surface area (Å²) in [6.45, 7) is 4.57. The van der Waals surface area contributed by atoms with E-state index in [1.807, 2.05) is 6.07 Å². The highest BCUT2D eigenvalue weighted by molar-refractivity contribution is 9.10. The Hall–Kier alpha value is -0.540. The average molecular weight is 314 g/mol. The first-order valence-corrected chi connectivity index (χ1v) is 7.41. The third-order valence-corrected chi connectivity index (χ3v) is 4.09. The lowest BCUT2D eigenvalue weighted by Crippen LogP contribution is -2.34. The minimum Gasteiger partial charge on any atom is -0.496 e. The molecule has 3 heteroatoms. The Balaban J connectivity index is 2.72. The van der Waals surface area contributed by atoms with E-state index < -0.39 is 0 Å². The van der Waals surface area contributed by atoms with Gasteiger partial charge in [0, 0.05) is 6.04 Å². The molecule has 0 bridgehead atoms. The molecule has 0 aliphatic carbocycles. The Morgan fingerprint density at radius 1 is 1.39 bits per heavy atom. The highest BCUT2D eigenvalue weighted by Crippen LogP contribution is 2.26. The SMILES string of the molecule is CCCC(C)C(Cc1ccc(OC)c(Br)c1)NC. The normalized spacial score (nSPS) is 14.3. The van der Waals surface area contributed by atoms with Crippen molar-refractivity contribution in [3.05, 3.63) is 28.2 Å². The lowest BCUT2D eigenvalue weighted by atomic mass is 9.92. The summed E-state index contributed by atoms with van der Waals surface area (Å²) in [4.78, 5) is 0. The zero-order chi connectivity index (χ0) is 13.5. The fourth-order valence-corrected chi connectivity index (χ4v) is 2.92. The summed E-state index contributed by atoms with van der Waals surface area (Å²) in [5.41, 5.74) is 1.34. The Morgan fingerprint density at radius 2 is 2.11 bits per heavy atom. The minimum absolute atomic E-state index is 0.533. The van der Waals surface area contributed by atoms with Crippen LogP contribution in [0.5, 0.6) is 5.75 Å². The van der Waals surface area contributed by atoms with E-state index in [0.717, 1.165) is 16.6 Å². The molecule has 0 aliphatic rings. The van der Waals surface area contributed by atoms with Gasteiger partial charge in [0.1, 0.15) is 5.75 Å². The van der Waals surface area contributed by atoms with Crippen molar-refractivity contribution in [1.29, 1.82) is 0 Å². The molecule has 2 unspecified atom stereocenters. The molecule has 0 amide bonds. The van der Waals surface area contributed by atoms with Crippen LogP contribution in [0.1, 0.15) is 32.3 Å². The van der Waals surface area contributed by atoms with E-state index in [0.29, 0.717) is 12.0 Å². The first-order chi connectivity index (χ1) is 8.62. The predicted octanol–water partition coefficient (Wildman–Crippen LogP) is 4.02. The van der Waals surface area contributed by atoms with E-state index in [9.17, 15) is 0 Å². The molecule has 2 atom stereocenters. The van der Waals surface area contributed by atoms with Gasteiger partial charge in [-0.1, -0.05) is 26.3 Å². The number of hydrogen-bond acceptors (Lipinski definition) is 2. The van der Waals surface area contributed by atoms with E-state index >= 15 is 0 Å². The van der Waals surface area contributed by atoms with Gasteiger partial charge < -0.3 is 10.1 Å². The van der Waals surface area contributed by atoms with Gasteiger partial charge in [-0.3, -0.25) is 0 Å². The number of ether oxygens (including phenoxy) is 1. The van der Waals surface area contributed by atoms with Gasteiger partial charge in [0.2, 0.25) is 0 Å². The Morgan fingerprint density at radius 3 is 2.61 bits per heavy atom. The van der Waals surface area contributed by atoms with Crippen molar-refractivity contribution >= 4 is 15.9 Å². The van der Waals surface area contributed by atoms with E-state index in [2.05, 4.69) is 54.3 Å². The fraction of sp³-hybridized carbons (Fsp3) is 0.600. The third-order valence-electron chi connectivity index (χ3n) is 3.47. The Labute approximate surface area is 119 Å². The lowest BCUT2D eigenvalue weighted by molar-refractivity contribution is 0.371. The maximum absolute atomic E-state index is 5.25. The molecule has 1 aromatic carbocycles. The number of hydrogen-bond donors (Lipinski definition) is 1. The van der Waals surface area contributed by atoms with Crippen LogP contribution in [0.25, 0.3) is 0 Å². The van der Waals surface area contributed by atoms with Crippen molar-refractivity contribution in [3.8, 4) is 5.75 Å². The van der Waals surface area contributed by atoms with Crippen molar-refractivity contribution < 1.29 is 4.74 Å². The highest BCUT2D eigenvalue weighted by Gasteiger charge is 2.15. The number of methoxy groups -OCH3 is 1. The number of rotatable bonds is 7. The summed E-state index contributed by atoms with van der Waals surface area (Å²) >= 11 is 3.54. The molecule has 2 nitrogen and oxygen atoms in total. The van der Waals surface area contributed by atoms with Crippen LogP contribution in [0.4, 0.5) is 0 Å². The van der Waals surface area contributed by atoms with Crippen LogP contribution in [0.3, 0.4) is 0 Å². The summed E-state index contributed by atoms with van der Waals surface area (Å²) in [7, 11) is 3.74. The molecule has 0 fully saturated rings. The van der Waals surface area contributed by atoms with E-state index in [-0.39, 0.29) is 0 Å². The third kappa shape index (κ3) is 4.29. The van der Waals surface area contributed by atoms with Gasteiger partial charge in [-0.2, -0.15) is 0 Å². The zero-order valence-electron chi connectivity index (χ0n) is 11.8. The van der Waals surface area contributed by atoms with Gasteiger partial charge in [-0.05, 0) is 59.4 Å². The van der Waals surface area contributed by atoms with Crippen LogP contribution in [-0.2, 0) is 6.42 Å². The highest BCUT2D eigenvalue weighted by atomic mass is 79.9. The van der Waals surface area contributed by atoms with E-state index in [1.165, 1.54) is 18.4 Å². The fourth-order valence-electron chi connectivity index (χ4n) is 2.34. The molecular weight excluding hydrogens is 290 g/mol. The van der Waals surface area contributed by atoms with Gasteiger partial charge >= 0.3 is 0 Å². The van der Waals surface area contributed by atoms with Crippen LogP contribution in [-0.4, -0.2) is 20.2 Å². The maximum Gasteiger partial charge on any atom is 0.133 e. The number of likely N-dealkylation sites (N-methyl/N-ethyl adjacent to an activating group) is 1. The summed E-state index contributed by atoms with van der Waals surface area (Å²) in [6.07, 6.45) is 3.56. The zero-order valence-corrected chi connectivity index (χ0v) is 13.4. The molecule has 1 N–H and O–H groups in total. The first-order valence-electron chi connectivity index (χ1n) is 6.62. The Bertz CT molecular complexity index is 368. The largest absolute Gasteiger partial charge is 0.496 e. The van der Waals surface area contributed by atoms with Gasteiger partial charge in [0.25, 0.3) is 0 Å². The van der Waals surface area contributed by atoms with Crippen molar-refractivity contribution in [1.82, 2.24) is 5.32 Å². The molecular formula is C15H24BrNO. The quantitative estimate of drug-likeness (QED) is 0.820. The topological polar surface area (TPSA) is 21.3 Å². The van der Waals surface area contributed by atoms with E-state index in [4.69, 9.17) is 4.74 Å².